The number of anilines is 1. The molecular weight excluding hydrogens is 484 g/mol. The first-order valence-electron chi connectivity index (χ1n) is 11.8. The Labute approximate surface area is 213 Å². The maximum absolute atomic E-state index is 12.9. The number of rotatable bonds is 9. The average molecular weight is 515 g/mol. The summed E-state index contributed by atoms with van der Waals surface area (Å²) in [4.78, 5) is 26.9. The zero-order valence-corrected chi connectivity index (χ0v) is 22.1. The van der Waals surface area contributed by atoms with Gasteiger partial charge in [-0.3, -0.25) is 4.79 Å². The van der Waals surface area contributed by atoms with Crippen molar-refractivity contribution in [3.05, 3.63) is 40.3 Å². The number of carbonyl (C=O) groups excluding carboxylic acids is 2. The predicted octanol–water partition coefficient (Wildman–Crippen LogP) is 5.21. The molecule has 0 bridgehead atoms. The Bertz CT molecular complexity index is 1220. The molecule has 3 aromatic rings. The predicted molar refractivity (Wildman–Crippen MR) is 139 cm³/mol. The SMILES string of the molecule is CCn1c(SCC(=O)Nc2sc3c(c2C(=O)OC(C)C)CCCC3)nnc1-c1ccccc1OC. The number of ether oxygens (including phenoxy) is 2. The number of esters is 1. The largest absolute Gasteiger partial charge is 0.496 e. The summed E-state index contributed by atoms with van der Waals surface area (Å²) in [5.41, 5.74) is 2.40. The fourth-order valence-electron chi connectivity index (χ4n) is 4.14. The van der Waals surface area contributed by atoms with Crippen molar-refractivity contribution in [3.8, 4) is 17.1 Å². The molecule has 1 N–H and O–H groups in total. The number of hydrogen-bond donors (Lipinski definition) is 1. The number of carbonyl (C=O) groups is 2. The van der Waals surface area contributed by atoms with Gasteiger partial charge >= 0.3 is 5.97 Å². The van der Waals surface area contributed by atoms with Crippen LogP contribution < -0.4 is 10.1 Å². The molecule has 10 heteroatoms. The molecular formula is C25H30N4O4S2. The van der Waals surface area contributed by atoms with Crippen molar-refractivity contribution in [1.29, 1.82) is 0 Å². The lowest BCUT2D eigenvalue weighted by Crippen LogP contribution is -2.19. The second-order valence-corrected chi connectivity index (χ2v) is 10.5. The van der Waals surface area contributed by atoms with Gasteiger partial charge in [0.25, 0.3) is 0 Å². The highest BCUT2D eigenvalue weighted by atomic mass is 32.2. The Morgan fingerprint density at radius 3 is 2.71 bits per heavy atom. The van der Waals surface area contributed by atoms with Crippen LogP contribution in [0.5, 0.6) is 5.75 Å². The number of fused-ring (bicyclic) bond motifs is 1. The van der Waals surface area contributed by atoms with E-state index in [1.165, 1.54) is 28.0 Å². The third-order valence-electron chi connectivity index (χ3n) is 5.68. The minimum Gasteiger partial charge on any atom is -0.496 e. The van der Waals surface area contributed by atoms with Crippen LogP contribution in [0, 0.1) is 0 Å². The van der Waals surface area contributed by atoms with Gasteiger partial charge in [0.15, 0.2) is 11.0 Å². The first kappa shape index (κ1) is 25.2. The first-order valence-corrected chi connectivity index (χ1v) is 13.6. The Hall–Kier alpha value is -2.85. The maximum Gasteiger partial charge on any atom is 0.341 e. The third kappa shape index (κ3) is 5.54. The summed E-state index contributed by atoms with van der Waals surface area (Å²) in [6.07, 6.45) is 3.67. The number of para-hydroxylation sites is 1. The van der Waals surface area contributed by atoms with E-state index in [0.29, 0.717) is 33.8 Å². The lowest BCUT2D eigenvalue weighted by molar-refractivity contribution is -0.113. The number of aromatic nitrogens is 3. The van der Waals surface area contributed by atoms with Crippen molar-refractivity contribution in [3.63, 3.8) is 0 Å². The van der Waals surface area contributed by atoms with E-state index in [1.54, 1.807) is 7.11 Å². The second kappa shape index (κ2) is 11.3. The molecule has 0 fully saturated rings. The van der Waals surface area contributed by atoms with Crippen LogP contribution in [-0.4, -0.2) is 45.6 Å². The number of methoxy groups -OCH3 is 1. The fraction of sp³-hybridized carbons (Fsp3) is 0.440. The standard InChI is InChI=1S/C25H30N4O4S2/c1-5-29-22(16-10-6-8-12-18(16)32-4)27-28-25(29)34-14-20(30)26-23-21(24(31)33-15(2)3)17-11-7-9-13-19(17)35-23/h6,8,10,12,15H,5,7,9,11,13-14H2,1-4H3,(H,26,30). The molecule has 0 saturated carbocycles. The number of aryl methyl sites for hydroxylation is 1. The van der Waals surface area contributed by atoms with Gasteiger partial charge in [-0.2, -0.15) is 0 Å². The number of nitrogens with one attached hydrogen (secondary N) is 1. The number of hydrogen-bond acceptors (Lipinski definition) is 8. The van der Waals surface area contributed by atoms with E-state index in [0.717, 1.165) is 36.8 Å². The van der Waals surface area contributed by atoms with Gasteiger partial charge in [0.1, 0.15) is 10.8 Å². The summed E-state index contributed by atoms with van der Waals surface area (Å²) in [5, 5.41) is 12.9. The van der Waals surface area contributed by atoms with E-state index in [4.69, 9.17) is 9.47 Å². The van der Waals surface area contributed by atoms with Gasteiger partial charge in [0.05, 0.1) is 30.1 Å². The molecule has 1 amide bonds. The molecule has 2 aromatic heterocycles. The van der Waals surface area contributed by atoms with Crippen molar-refractivity contribution in [2.75, 3.05) is 18.2 Å². The molecule has 35 heavy (non-hydrogen) atoms. The van der Waals surface area contributed by atoms with Gasteiger partial charge in [-0.15, -0.1) is 21.5 Å². The van der Waals surface area contributed by atoms with Crippen molar-refractivity contribution < 1.29 is 19.1 Å². The molecule has 1 aromatic carbocycles. The molecule has 0 spiro atoms. The van der Waals surface area contributed by atoms with Gasteiger partial charge in [0, 0.05) is 11.4 Å². The summed E-state index contributed by atoms with van der Waals surface area (Å²) in [6, 6.07) is 7.65. The number of thiophene rings is 1. The summed E-state index contributed by atoms with van der Waals surface area (Å²) in [7, 11) is 1.62. The zero-order valence-electron chi connectivity index (χ0n) is 20.4. The van der Waals surface area contributed by atoms with Crippen molar-refractivity contribution >= 4 is 40.0 Å². The number of thioether (sulfide) groups is 1. The second-order valence-electron chi connectivity index (χ2n) is 8.46. The maximum atomic E-state index is 12.9. The van der Waals surface area contributed by atoms with Crippen LogP contribution >= 0.6 is 23.1 Å². The van der Waals surface area contributed by atoms with Crippen molar-refractivity contribution in [2.24, 2.45) is 0 Å². The molecule has 186 valence electrons. The Kier molecular flexibility index (Phi) is 8.12. The van der Waals surface area contributed by atoms with Crippen molar-refractivity contribution in [1.82, 2.24) is 14.8 Å². The van der Waals surface area contributed by atoms with Crippen LogP contribution in [0.3, 0.4) is 0 Å². The van der Waals surface area contributed by atoms with E-state index in [-0.39, 0.29) is 23.7 Å². The van der Waals surface area contributed by atoms with Gasteiger partial charge < -0.3 is 19.4 Å². The fourth-order valence-corrected chi connectivity index (χ4v) is 6.24. The quantitative estimate of drug-likeness (QED) is 0.309. The Balaban J connectivity index is 1.50. The minimum absolute atomic E-state index is 0.144. The molecule has 0 radical (unpaired) electrons. The van der Waals surface area contributed by atoms with E-state index in [9.17, 15) is 9.59 Å². The monoisotopic (exact) mass is 514 g/mol. The zero-order chi connectivity index (χ0) is 24.9. The normalized spacial score (nSPS) is 12.9. The van der Waals surface area contributed by atoms with Crippen LogP contribution in [0.1, 0.15) is 54.4 Å². The summed E-state index contributed by atoms with van der Waals surface area (Å²) < 4.78 is 12.9. The first-order chi connectivity index (χ1) is 16.9. The molecule has 0 saturated heterocycles. The van der Waals surface area contributed by atoms with Crippen LogP contribution in [0.2, 0.25) is 0 Å². The lowest BCUT2D eigenvalue weighted by Gasteiger charge is -2.14. The highest BCUT2D eigenvalue weighted by molar-refractivity contribution is 7.99. The summed E-state index contributed by atoms with van der Waals surface area (Å²) in [6.45, 7) is 6.31. The average Bonchev–Trinajstić information content (AvgIpc) is 3.42. The van der Waals surface area contributed by atoms with Crippen LogP contribution in [0.15, 0.2) is 29.4 Å². The van der Waals surface area contributed by atoms with E-state index in [2.05, 4.69) is 15.5 Å². The minimum atomic E-state index is -0.366. The highest BCUT2D eigenvalue weighted by Gasteiger charge is 2.28. The topological polar surface area (TPSA) is 95.3 Å². The van der Waals surface area contributed by atoms with Crippen LogP contribution in [-0.2, 0) is 28.9 Å². The summed E-state index contributed by atoms with van der Waals surface area (Å²) in [5.74, 6) is 0.987. The highest BCUT2D eigenvalue weighted by Crippen LogP contribution is 2.39. The molecule has 0 unspecified atom stereocenters. The summed E-state index contributed by atoms with van der Waals surface area (Å²) >= 11 is 2.80. The van der Waals surface area contributed by atoms with E-state index < -0.39 is 0 Å². The van der Waals surface area contributed by atoms with Crippen LogP contribution in [0.25, 0.3) is 11.4 Å². The van der Waals surface area contributed by atoms with Crippen LogP contribution in [0.4, 0.5) is 5.00 Å². The van der Waals surface area contributed by atoms with Gasteiger partial charge in [-0.1, -0.05) is 23.9 Å². The number of amides is 1. The van der Waals surface area contributed by atoms with E-state index in [1.807, 2.05) is 49.6 Å². The molecule has 0 aliphatic heterocycles. The van der Waals surface area contributed by atoms with Gasteiger partial charge in [-0.05, 0) is 64.2 Å². The third-order valence-corrected chi connectivity index (χ3v) is 7.86. The van der Waals surface area contributed by atoms with Gasteiger partial charge in [-0.25, -0.2) is 4.79 Å². The molecule has 1 aliphatic rings. The number of benzene rings is 1. The Morgan fingerprint density at radius 1 is 1.20 bits per heavy atom. The smallest absolute Gasteiger partial charge is 0.341 e. The molecule has 4 rings (SSSR count). The molecule has 0 atom stereocenters. The molecule has 2 heterocycles. The van der Waals surface area contributed by atoms with Crippen molar-refractivity contribution in [2.45, 2.75) is 64.3 Å². The lowest BCUT2D eigenvalue weighted by atomic mass is 9.95. The Morgan fingerprint density at radius 2 is 1.97 bits per heavy atom. The van der Waals surface area contributed by atoms with Gasteiger partial charge in [0.2, 0.25) is 5.91 Å². The molecule has 8 nitrogen and oxygen atoms in total. The molecule has 1 aliphatic carbocycles. The number of nitrogens with zero attached hydrogens (tertiary/aromatic N) is 3. The van der Waals surface area contributed by atoms with E-state index >= 15 is 0 Å².